The molecular formula is C14H26N2O4. The SMILES string of the molecule is CCOCC(NC(=O)N1CC(C)C(C(=O)O)C1)C(C)C. The summed E-state index contributed by atoms with van der Waals surface area (Å²) in [5.74, 6) is -1.05. The number of hydrogen-bond donors (Lipinski definition) is 2. The summed E-state index contributed by atoms with van der Waals surface area (Å²) in [5, 5.41) is 12.0. The minimum atomic E-state index is -0.831. The molecule has 3 unspecified atom stereocenters. The molecule has 0 saturated carbocycles. The molecule has 116 valence electrons. The van der Waals surface area contributed by atoms with Crippen molar-refractivity contribution in [2.24, 2.45) is 17.8 Å². The van der Waals surface area contributed by atoms with Gasteiger partial charge in [-0.15, -0.1) is 0 Å². The predicted molar refractivity (Wildman–Crippen MR) is 75.5 cm³/mol. The maximum absolute atomic E-state index is 12.2. The number of carbonyl (C=O) groups is 2. The third kappa shape index (κ3) is 4.37. The second-order valence-electron chi connectivity index (χ2n) is 5.79. The number of amides is 2. The van der Waals surface area contributed by atoms with Crippen LogP contribution in [0.1, 0.15) is 27.7 Å². The summed E-state index contributed by atoms with van der Waals surface area (Å²) in [6.45, 7) is 9.69. The quantitative estimate of drug-likeness (QED) is 0.774. The lowest BCUT2D eigenvalue weighted by Gasteiger charge is -2.25. The summed E-state index contributed by atoms with van der Waals surface area (Å²) < 4.78 is 5.37. The number of nitrogens with one attached hydrogen (secondary N) is 1. The van der Waals surface area contributed by atoms with Gasteiger partial charge in [0, 0.05) is 19.7 Å². The van der Waals surface area contributed by atoms with Gasteiger partial charge in [0.05, 0.1) is 18.6 Å². The maximum Gasteiger partial charge on any atom is 0.317 e. The second-order valence-corrected chi connectivity index (χ2v) is 5.79. The predicted octanol–water partition coefficient (Wildman–Crippen LogP) is 1.41. The van der Waals surface area contributed by atoms with E-state index in [1.165, 1.54) is 0 Å². The van der Waals surface area contributed by atoms with E-state index in [1.807, 2.05) is 27.7 Å². The lowest BCUT2D eigenvalue weighted by Crippen LogP contribution is -2.48. The smallest absolute Gasteiger partial charge is 0.317 e. The molecule has 1 saturated heterocycles. The first-order valence-electron chi connectivity index (χ1n) is 7.22. The van der Waals surface area contributed by atoms with Crippen LogP contribution in [-0.4, -0.2) is 54.4 Å². The Morgan fingerprint density at radius 2 is 2.05 bits per heavy atom. The van der Waals surface area contributed by atoms with E-state index in [9.17, 15) is 9.59 Å². The Labute approximate surface area is 120 Å². The summed E-state index contributed by atoms with van der Waals surface area (Å²) in [6.07, 6.45) is 0. The molecule has 0 aromatic carbocycles. The standard InChI is InChI=1S/C14H26N2O4/c1-5-20-8-12(9(2)3)15-14(19)16-6-10(4)11(7-16)13(17)18/h9-12H,5-8H2,1-4H3,(H,15,19)(H,17,18). The molecule has 3 atom stereocenters. The van der Waals surface area contributed by atoms with E-state index < -0.39 is 11.9 Å². The van der Waals surface area contributed by atoms with Gasteiger partial charge in [-0.1, -0.05) is 20.8 Å². The topological polar surface area (TPSA) is 78.9 Å². The second kappa shape index (κ2) is 7.47. The van der Waals surface area contributed by atoms with E-state index in [1.54, 1.807) is 4.90 Å². The highest BCUT2D eigenvalue weighted by molar-refractivity contribution is 5.77. The van der Waals surface area contributed by atoms with Crippen LogP contribution < -0.4 is 5.32 Å². The van der Waals surface area contributed by atoms with Crippen molar-refractivity contribution in [2.45, 2.75) is 33.7 Å². The molecule has 0 radical (unpaired) electrons. The Balaban J connectivity index is 2.55. The molecule has 1 rings (SSSR count). The van der Waals surface area contributed by atoms with Crippen LogP contribution in [0.3, 0.4) is 0 Å². The fraction of sp³-hybridized carbons (Fsp3) is 0.857. The molecule has 6 heteroatoms. The number of carboxylic acid groups (broad SMARTS) is 1. The minimum absolute atomic E-state index is 0.0114. The van der Waals surface area contributed by atoms with Crippen LogP contribution in [0.5, 0.6) is 0 Å². The largest absolute Gasteiger partial charge is 0.481 e. The number of ether oxygens (including phenoxy) is 1. The highest BCUT2D eigenvalue weighted by Gasteiger charge is 2.37. The highest BCUT2D eigenvalue weighted by Crippen LogP contribution is 2.23. The zero-order valence-corrected chi connectivity index (χ0v) is 12.8. The van der Waals surface area contributed by atoms with Gasteiger partial charge in [-0.2, -0.15) is 0 Å². The highest BCUT2D eigenvalue weighted by atomic mass is 16.5. The van der Waals surface area contributed by atoms with Gasteiger partial charge in [-0.05, 0) is 18.8 Å². The summed E-state index contributed by atoms with van der Waals surface area (Å²) in [5.41, 5.74) is 0. The van der Waals surface area contributed by atoms with Crippen molar-refractivity contribution in [1.82, 2.24) is 10.2 Å². The molecule has 1 aliphatic rings. The normalized spacial score (nSPS) is 23.9. The van der Waals surface area contributed by atoms with E-state index in [2.05, 4.69) is 5.32 Å². The molecule has 2 N–H and O–H groups in total. The van der Waals surface area contributed by atoms with Crippen LogP contribution in [0.15, 0.2) is 0 Å². The number of carbonyl (C=O) groups excluding carboxylic acids is 1. The van der Waals surface area contributed by atoms with E-state index in [-0.39, 0.29) is 30.5 Å². The van der Waals surface area contributed by atoms with Crippen molar-refractivity contribution in [3.05, 3.63) is 0 Å². The van der Waals surface area contributed by atoms with Gasteiger partial charge in [0.1, 0.15) is 0 Å². The fourth-order valence-electron chi connectivity index (χ4n) is 2.35. The monoisotopic (exact) mass is 286 g/mol. The first-order chi connectivity index (χ1) is 9.36. The van der Waals surface area contributed by atoms with Crippen molar-refractivity contribution in [1.29, 1.82) is 0 Å². The van der Waals surface area contributed by atoms with Gasteiger partial charge in [-0.25, -0.2) is 4.79 Å². The van der Waals surface area contributed by atoms with Crippen LogP contribution in [0.2, 0.25) is 0 Å². The molecule has 0 aromatic heterocycles. The van der Waals surface area contributed by atoms with Crippen LogP contribution in [-0.2, 0) is 9.53 Å². The number of likely N-dealkylation sites (tertiary alicyclic amines) is 1. The Morgan fingerprint density at radius 1 is 1.40 bits per heavy atom. The third-order valence-electron chi connectivity index (χ3n) is 3.83. The number of rotatable bonds is 6. The van der Waals surface area contributed by atoms with Crippen LogP contribution >= 0.6 is 0 Å². The molecule has 6 nitrogen and oxygen atoms in total. The Kier molecular flexibility index (Phi) is 6.26. The third-order valence-corrected chi connectivity index (χ3v) is 3.83. The Bertz CT molecular complexity index is 346. The van der Waals surface area contributed by atoms with Crippen molar-refractivity contribution in [2.75, 3.05) is 26.3 Å². The van der Waals surface area contributed by atoms with E-state index >= 15 is 0 Å². The molecule has 1 aliphatic heterocycles. The number of nitrogens with zero attached hydrogens (tertiary/aromatic N) is 1. The summed E-state index contributed by atoms with van der Waals surface area (Å²) >= 11 is 0. The van der Waals surface area contributed by atoms with Crippen LogP contribution in [0.4, 0.5) is 4.79 Å². The molecule has 1 heterocycles. The molecule has 0 aromatic rings. The van der Waals surface area contributed by atoms with Gasteiger partial charge in [0.2, 0.25) is 0 Å². The van der Waals surface area contributed by atoms with Gasteiger partial charge >= 0.3 is 12.0 Å². The minimum Gasteiger partial charge on any atom is -0.481 e. The maximum atomic E-state index is 12.2. The van der Waals surface area contributed by atoms with Gasteiger partial charge in [0.15, 0.2) is 0 Å². The van der Waals surface area contributed by atoms with E-state index in [0.717, 1.165) is 0 Å². The van der Waals surface area contributed by atoms with Gasteiger partial charge in [-0.3, -0.25) is 4.79 Å². The van der Waals surface area contributed by atoms with Crippen LogP contribution in [0, 0.1) is 17.8 Å². The fourth-order valence-corrected chi connectivity index (χ4v) is 2.35. The molecular weight excluding hydrogens is 260 g/mol. The lowest BCUT2D eigenvalue weighted by atomic mass is 9.99. The van der Waals surface area contributed by atoms with E-state index in [0.29, 0.717) is 19.8 Å². The first kappa shape index (κ1) is 16.8. The number of aliphatic carboxylic acids is 1. The zero-order chi connectivity index (χ0) is 15.3. The molecule has 0 aliphatic carbocycles. The van der Waals surface area contributed by atoms with Crippen molar-refractivity contribution >= 4 is 12.0 Å². The molecule has 0 spiro atoms. The summed E-state index contributed by atoms with van der Waals surface area (Å²) in [4.78, 5) is 24.9. The zero-order valence-electron chi connectivity index (χ0n) is 12.8. The van der Waals surface area contributed by atoms with Gasteiger partial charge < -0.3 is 20.1 Å². The van der Waals surface area contributed by atoms with Crippen molar-refractivity contribution in [3.8, 4) is 0 Å². The summed E-state index contributed by atoms with van der Waals surface area (Å²) in [7, 11) is 0. The first-order valence-corrected chi connectivity index (χ1v) is 7.22. The number of carboxylic acids is 1. The lowest BCUT2D eigenvalue weighted by molar-refractivity contribution is -0.142. The molecule has 2 amide bonds. The van der Waals surface area contributed by atoms with Crippen molar-refractivity contribution in [3.63, 3.8) is 0 Å². The van der Waals surface area contributed by atoms with E-state index in [4.69, 9.17) is 9.84 Å². The van der Waals surface area contributed by atoms with Crippen LogP contribution in [0.25, 0.3) is 0 Å². The summed E-state index contributed by atoms with van der Waals surface area (Å²) in [6, 6.07) is -0.249. The Hall–Kier alpha value is -1.30. The molecule has 20 heavy (non-hydrogen) atoms. The molecule has 1 fully saturated rings. The van der Waals surface area contributed by atoms with Crippen molar-refractivity contribution < 1.29 is 19.4 Å². The van der Waals surface area contributed by atoms with Gasteiger partial charge in [0.25, 0.3) is 0 Å². The number of hydrogen-bond acceptors (Lipinski definition) is 3. The average Bonchev–Trinajstić information content (AvgIpc) is 2.76. The molecule has 0 bridgehead atoms. The Morgan fingerprint density at radius 3 is 2.50 bits per heavy atom. The number of urea groups is 1. The average molecular weight is 286 g/mol.